The van der Waals surface area contributed by atoms with Crippen LogP contribution in [-0.2, 0) is 11.3 Å². The molecule has 0 aromatic heterocycles. The number of carbonyl (C=O) groups excluding carboxylic acids is 1. The van der Waals surface area contributed by atoms with Crippen molar-refractivity contribution in [2.75, 3.05) is 6.54 Å². The molecule has 2 nitrogen and oxygen atoms in total. The molecule has 0 unspecified atom stereocenters. The van der Waals surface area contributed by atoms with Crippen LogP contribution in [-0.4, -0.2) is 23.3 Å². The number of fused-ring (bicyclic) bond motifs is 2. The van der Waals surface area contributed by atoms with Gasteiger partial charge < -0.3 is 0 Å². The summed E-state index contributed by atoms with van der Waals surface area (Å²) < 4.78 is 0. The molecule has 1 heterocycles. The summed E-state index contributed by atoms with van der Waals surface area (Å²) in [4.78, 5) is 15.3. The molecule has 2 fully saturated rings. The van der Waals surface area contributed by atoms with Gasteiger partial charge in [-0.15, -0.1) is 0 Å². The molecular formula is C21H23NO. The maximum absolute atomic E-state index is 12.8. The fourth-order valence-corrected chi connectivity index (χ4v) is 4.36. The maximum Gasteiger partial charge on any atom is 0.142 e. The number of Topliss-reactive ketones (excluding diaryl/α,β-unsaturated/α-hetero) is 1. The van der Waals surface area contributed by atoms with Crippen LogP contribution in [0.2, 0.25) is 0 Å². The summed E-state index contributed by atoms with van der Waals surface area (Å²) in [5.41, 5.74) is 2.54. The SMILES string of the molecule is O=C1C[C@@H]2CCN(Cc3ccccc3)[C@@H](C2)[C@@H]1c1ccccc1. The van der Waals surface area contributed by atoms with Crippen LogP contribution < -0.4 is 0 Å². The first-order chi connectivity index (χ1) is 11.3. The Bertz CT molecular complexity index is 667. The van der Waals surface area contributed by atoms with E-state index in [1.54, 1.807) is 0 Å². The summed E-state index contributed by atoms with van der Waals surface area (Å²) in [7, 11) is 0. The van der Waals surface area contributed by atoms with Crippen molar-refractivity contribution in [2.24, 2.45) is 5.92 Å². The number of carbonyl (C=O) groups is 1. The Hall–Kier alpha value is -1.93. The van der Waals surface area contributed by atoms with Gasteiger partial charge in [0.2, 0.25) is 0 Å². The van der Waals surface area contributed by atoms with E-state index in [-0.39, 0.29) is 5.92 Å². The summed E-state index contributed by atoms with van der Waals surface area (Å²) in [6, 6.07) is 21.4. The van der Waals surface area contributed by atoms with Gasteiger partial charge in [0.05, 0.1) is 5.92 Å². The number of rotatable bonds is 3. The molecule has 4 rings (SSSR count). The molecule has 0 amide bonds. The number of nitrogens with zero attached hydrogens (tertiary/aromatic N) is 1. The molecule has 0 radical (unpaired) electrons. The van der Waals surface area contributed by atoms with Crippen molar-refractivity contribution in [1.82, 2.24) is 4.90 Å². The van der Waals surface area contributed by atoms with Gasteiger partial charge in [0.15, 0.2) is 0 Å². The van der Waals surface area contributed by atoms with Gasteiger partial charge in [0.1, 0.15) is 5.78 Å². The van der Waals surface area contributed by atoms with Crippen LogP contribution in [0, 0.1) is 5.92 Å². The molecule has 23 heavy (non-hydrogen) atoms. The molecule has 1 aliphatic carbocycles. The van der Waals surface area contributed by atoms with E-state index in [1.807, 2.05) is 6.07 Å². The zero-order valence-electron chi connectivity index (χ0n) is 13.4. The Morgan fingerprint density at radius 3 is 2.39 bits per heavy atom. The lowest BCUT2D eigenvalue weighted by Crippen LogP contribution is -2.51. The minimum absolute atomic E-state index is 0.0523. The van der Waals surface area contributed by atoms with Crippen LogP contribution in [0.3, 0.4) is 0 Å². The minimum atomic E-state index is 0.0523. The van der Waals surface area contributed by atoms with Crippen LogP contribution in [0.25, 0.3) is 0 Å². The van der Waals surface area contributed by atoms with E-state index in [4.69, 9.17) is 0 Å². The molecule has 2 aromatic carbocycles. The summed E-state index contributed by atoms with van der Waals surface area (Å²) in [5, 5.41) is 0. The molecule has 1 aliphatic heterocycles. The van der Waals surface area contributed by atoms with Crippen LogP contribution in [0.15, 0.2) is 60.7 Å². The number of ketones is 1. The lowest BCUT2D eigenvalue weighted by Gasteiger charge is -2.46. The van der Waals surface area contributed by atoms with Gasteiger partial charge in [-0.1, -0.05) is 60.7 Å². The zero-order valence-corrected chi connectivity index (χ0v) is 13.4. The van der Waals surface area contributed by atoms with Gasteiger partial charge in [-0.25, -0.2) is 0 Å². The number of hydrogen-bond donors (Lipinski definition) is 0. The zero-order chi connectivity index (χ0) is 15.6. The van der Waals surface area contributed by atoms with E-state index in [0.29, 0.717) is 17.7 Å². The van der Waals surface area contributed by atoms with Crippen molar-refractivity contribution >= 4 is 5.78 Å². The quantitative estimate of drug-likeness (QED) is 0.853. The summed E-state index contributed by atoms with van der Waals surface area (Å²) >= 11 is 0. The van der Waals surface area contributed by atoms with E-state index in [9.17, 15) is 4.79 Å². The average Bonchev–Trinajstić information content (AvgIpc) is 2.59. The Kier molecular flexibility index (Phi) is 4.00. The second kappa shape index (κ2) is 6.29. The molecule has 2 bridgehead atoms. The number of likely N-dealkylation sites (tertiary alicyclic amines) is 1. The van der Waals surface area contributed by atoms with E-state index < -0.39 is 0 Å². The second-order valence-electron chi connectivity index (χ2n) is 6.97. The number of benzene rings is 2. The van der Waals surface area contributed by atoms with Gasteiger partial charge in [0.25, 0.3) is 0 Å². The summed E-state index contributed by atoms with van der Waals surface area (Å²) in [6.45, 7) is 2.07. The van der Waals surface area contributed by atoms with E-state index in [1.165, 1.54) is 11.1 Å². The van der Waals surface area contributed by atoms with E-state index in [0.717, 1.165) is 32.4 Å². The fourth-order valence-electron chi connectivity index (χ4n) is 4.36. The molecule has 118 valence electrons. The highest BCUT2D eigenvalue weighted by Gasteiger charge is 2.43. The van der Waals surface area contributed by atoms with Crippen molar-refractivity contribution < 1.29 is 4.79 Å². The minimum Gasteiger partial charge on any atom is -0.299 e. The molecule has 2 aromatic rings. The molecular weight excluding hydrogens is 282 g/mol. The third kappa shape index (κ3) is 2.96. The average molecular weight is 305 g/mol. The summed E-state index contributed by atoms with van der Waals surface area (Å²) in [5.74, 6) is 1.09. The Balaban J connectivity index is 1.62. The molecule has 2 heteroatoms. The van der Waals surface area contributed by atoms with Crippen molar-refractivity contribution in [3.63, 3.8) is 0 Å². The Labute approximate surface area is 138 Å². The first kappa shape index (κ1) is 14.6. The highest BCUT2D eigenvalue weighted by Crippen LogP contribution is 2.41. The predicted molar refractivity (Wildman–Crippen MR) is 92.2 cm³/mol. The topological polar surface area (TPSA) is 20.3 Å². The maximum atomic E-state index is 12.8. The molecule has 1 saturated heterocycles. The molecule has 2 aliphatic rings. The molecule has 1 saturated carbocycles. The Morgan fingerprint density at radius 2 is 1.65 bits per heavy atom. The van der Waals surface area contributed by atoms with Crippen molar-refractivity contribution in [1.29, 1.82) is 0 Å². The first-order valence-corrected chi connectivity index (χ1v) is 8.67. The van der Waals surface area contributed by atoms with Gasteiger partial charge in [-0.2, -0.15) is 0 Å². The fraction of sp³-hybridized carbons (Fsp3) is 0.381. The molecule has 3 atom stereocenters. The van der Waals surface area contributed by atoms with Gasteiger partial charge in [0, 0.05) is 19.0 Å². The van der Waals surface area contributed by atoms with E-state index >= 15 is 0 Å². The normalized spacial score (nSPS) is 27.8. The third-order valence-corrected chi connectivity index (χ3v) is 5.48. The van der Waals surface area contributed by atoms with Crippen molar-refractivity contribution in [3.05, 3.63) is 71.8 Å². The molecule has 0 spiro atoms. The third-order valence-electron chi connectivity index (χ3n) is 5.48. The molecule has 0 N–H and O–H groups in total. The van der Waals surface area contributed by atoms with Crippen LogP contribution in [0.1, 0.15) is 36.3 Å². The predicted octanol–water partition coefficient (Wildman–Crippen LogP) is 4.02. The Morgan fingerprint density at radius 1 is 0.957 bits per heavy atom. The van der Waals surface area contributed by atoms with Crippen LogP contribution in [0.4, 0.5) is 0 Å². The largest absolute Gasteiger partial charge is 0.299 e. The smallest absolute Gasteiger partial charge is 0.142 e. The number of piperidine rings is 1. The summed E-state index contributed by atoms with van der Waals surface area (Å²) in [6.07, 6.45) is 3.10. The van der Waals surface area contributed by atoms with Crippen LogP contribution in [0.5, 0.6) is 0 Å². The van der Waals surface area contributed by atoms with Gasteiger partial charge in [-0.05, 0) is 36.4 Å². The monoisotopic (exact) mass is 305 g/mol. The van der Waals surface area contributed by atoms with Crippen LogP contribution >= 0.6 is 0 Å². The highest BCUT2D eigenvalue weighted by atomic mass is 16.1. The second-order valence-corrected chi connectivity index (χ2v) is 6.97. The van der Waals surface area contributed by atoms with Crippen molar-refractivity contribution in [3.8, 4) is 0 Å². The highest BCUT2D eigenvalue weighted by molar-refractivity contribution is 5.87. The van der Waals surface area contributed by atoms with Gasteiger partial charge in [-0.3, -0.25) is 9.69 Å². The number of hydrogen-bond acceptors (Lipinski definition) is 2. The lowest BCUT2D eigenvalue weighted by molar-refractivity contribution is -0.128. The van der Waals surface area contributed by atoms with E-state index in [2.05, 4.69) is 59.5 Å². The van der Waals surface area contributed by atoms with Gasteiger partial charge >= 0.3 is 0 Å². The first-order valence-electron chi connectivity index (χ1n) is 8.67. The standard InChI is InChI=1S/C21H23NO/c23-20-14-17-11-12-22(15-16-7-3-1-4-8-16)19(13-17)21(20)18-9-5-2-6-10-18/h1-10,17,19,21H,11-15H2/t17-,19+,21+/m1/s1. The lowest BCUT2D eigenvalue weighted by atomic mass is 9.70. The van der Waals surface area contributed by atoms with Crippen molar-refractivity contribution in [2.45, 2.75) is 37.8 Å².